The molecule has 3 saturated heterocycles. The molecule has 0 saturated carbocycles. The fourth-order valence-corrected chi connectivity index (χ4v) is 6.24. The molecule has 5 rings (SSSR count). The minimum atomic E-state index is -0.290. The topological polar surface area (TPSA) is 98.6 Å². The molecule has 2 amide bonds. The van der Waals surface area contributed by atoms with Gasteiger partial charge < -0.3 is 25.3 Å². The quantitative estimate of drug-likeness (QED) is 0.656. The van der Waals surface area contributed by atoms with Crippen LogP contribution in [0.5, 0.6) is 0 Å². The summed E-state index contributed by atoms with van der Waals surface area (Å²) < 4.78 is 6.07. The number of anilines is 1. The van der Waals surface area contributed by atoms with Gasteiger partial charge in [-0.3, -0.25) is 14.6 Å². The van der Waals surface area contributed by atoms with Crippen LogP contribution in [0.3, 0.4) is 0 Å². The number of pyridine rings is 1. The van der Waals surface area contributed by atoms with Crippen LogP contribution in [0.25, 0.3) is 10.9 Å². The summed E-state index contributed by atoms with van der Waals surface area (Å²) in [6.45, 7) is 3.36. The second kappa shape index (κ2) is 9.30. The Labute approximate surface area is 197 Å². The minimum absolute atomic E-state index is 0.0838. The van der Waals surface area contributed by atoms with Crippen LogP contribution >= 0.6 is 11.8 Å². The van der Waals surface area contributed by atoms with Crippen molar-refractivity contribution in [1.29, 1.82) is 5.41 Å². The Morgan fingerprint density at radius 3 is 2.79 bits per heavy atom. The third-order valence-corrected chi connectivity index (χ3v) is 7.73. The molecular weight excluding hydrogens is 438 g/mol. The highest BCUT2D eigenvalue weighted by Gasteiger charge is 2.32. The van der Waals surface area contributed by atoms with E-state index in [4.69, 9.17) is 10.1 Å². The number of rotatable bonds is 5. The van der Waals surface area contributed by atoms with Crippen molar-refractivity contribution < 1.29 is 14.3 Å². The molecule has 33 heavy (non-hydrogen) atoms. The molecule has 174 valence electrons. The third-order valence-electron chi connectivity index (χ3n) is 6.72. The Hall–Kier alpha value is -2.65. The average Bonchev–Trinajstić information content (AvgIpc) is 3.32. The van der Waals surface area contributed by atoms with Gasteiger partial charge in [0.25, 0.3) is 5.91 Å². The Bertz CT molecular complexity index is 1080. The van der Waals surface area contributed by atoms with Gasteiger partial charge in [0.05, 0.1) is 41.8 Å². The molecule has 3 aliphatic rings. The summed E-state index contributed by atoms with van der Waals surface area (Å²) in [7, 11) is 0. The van der Waals surface area contributed by atoms with Crippen molar-refractivity contribution in [3.63, 3.8) is 0 Å². The number of carbonyl (C=O) groups is 2. The zero-order valence-electron chi connectivity index (χ0n) is 18.8. The number of thioether (sulfide) groups is 1. The highest BCUT2D eigenvalue weighted by Crippen LogP contribution is 2.31. The molecule has 4 heterocycles. The highest BCUT2D eigenvalue weighted by molar-refractivity contribution is 7.99. The zero-order valence-corrected chi connectivity index (χ0v) is 19.6. The van der Waals surface area contributed by atoms with Gasteiger partial charge in [-0.2, -0.15) is 0 Å². The van der Waals surface area contributed by atoms with Crippen LogP contribution in [-0.4, -0.2) is 76.9 Å². The summed E-state index contributed by atoms with van der Waals surface area (Å²) in [6.07, 6.45) is 5.59. The fourth-order valence-electron chi connectivity index (χ4n) is 4.96. The highest BCUT2D eigenvalue weighted by atomic mass is 32.2. The Morgan fingerprint density at radius 1 is 1.24 bits per heavy atom. The average molecular weight is 468 g/mol. The van der Waals surface area contributed by atoms with Gasteiger partial charge in [-0.05, 0) is 50.5 Å². The first kappa shape index (κ1) is 22.2. The molecule has 0 unspecified atom stereocenters. The smallest absolute Gasteiger partial charge is 0.252 e. The summed E-state index contributed by atoms with van der Waals surface area (Å²) in [6, 6.07) is 7.57. The number of amides is 2. The second-order valence-corrected chi connectivity index (χ2v) is 10.0. The van der Waals surface area contributed by atoms with E-state index in [1.54, 1.807) is 35.8 Å². The molecule has 9 heteroatoms. The van der Waals surface area contributed by atoms with E-state index < -0.39 is 0 Å². The normalized spacial score (nSPS) is 24.7. The van der Waals surface area contributed by atoms with Crippen LogP contribution in [-0.2, 0) is 9.53 Å². The minimum Gasteiger partial charge on any atom is -0.371 e. The number of hydrogen-bond donors (Lipinski definition) is 2. The van der Waals surface area contributed by atoms with Crippen molar-refractivity contribution in [1.82, 2.24) is 15.2 Å². The molecule has 3 atom stereocenters. The van der Waals surface area contributed by atoms with Gasteiger partial charge in [-0.15, -0.1) is 11.8 Å². The fraction of sp³-hybridized carbons (Fsp3) is 0.500. The van der Waals surface area contributed by atoms with Crippen molar-refractivity contribution in [2.24, 2.45) is 0 Å². The molecule has 1 aromatic carbocycles. The van der Waals surface area contributed by atoms with Gasteiger partial charge in [0.15, 0.2) is 0 Å². The maximum Gasteiger partial charge on any atom is 0.252 e. The summed E-state index contributed by atoms with van der Waals surface area (Å²) in [5.41, 5.74) is 2.80. The van der Waals surface area contributed by atoms with E-state index in [2.05, 4.69) is 21.3 Å². The van der Waals surface area contributed by atoms with E-state index in [1.165, 1.54) is 6.42 Å². The van der Waals surface area contributed by atoms with E-state index >= 15 is 0 Å². The monoisotopic (exact) mass is 467 g/mol. The van der Waals surface area contributed by atoms with Crippen LogP contribution in [0.2, 0.25) is 0 Å². The number of nitrogens with zero attached hydrogens (tertiary/aromatic N) is 3. The van der Waals surface area contributed by atoms with Crippen LogP contribution in [0, 0.1) is 5.41 Å². The number of fused-ring (bicyclic) bond motifs is 3. The third kappa shape index (κ3) is 4.56. The largest absolute Gasteiger partial charge is 0.371 e. The van der Waals surface area contributed by atoms with E-state index in [0.717, 1.165) is 48.3 Å². The molecule has 3 fully saturated rings. The van der Waals surface area contributed by atoms with Crippen LogP contribution in [0.4, 0.5) is 5.69 Å². The van der Waals surface area contributed by atoms with E-state index in [-0.39, 0.29) is 36.6 Å². The molecule has 1 aromatic heterocycles. The van der Waals surface area contributed by atoms with Gasteiger partial charge in [0.1, 0.15) is 0 Å². The summed E-state index contributed by atoms with van der Waals surface area (Å²) >= 11 is 1.63. The lowest BCUT2D eigenvalue weighted by Gasteiger charge is -2.42. The molecule has 0 aliphatic carbocycles. The number of hydrogen-bond acceptors (Lipinski definition) is 7. The second-order valence-electron chi connectivity index (χ2n) is 9.02. The SMILES string of the molecule is CC(=N)[C@@H]1CSCN1C(=O)CNC(=O)c1ccnc2ccc(N3C[C@H]4CCC[C@@H](C3)O4)cc12. The first-order chi connectivity index (χ1) is 16.0. The molecule has 2 bridgehead atoms. The van der Waals surface area contributed by atoms with Crippen LogP contribution in [0.15, 0.2) is 30.5 Å². The number of benzene rings is 1. The molecule has 0 spiro atoms. The predicted molar refractivity (Wildman–Crippen MR) is 130 cm³/mol. The van der Waals surface area contributed by atoms with Gasteiger partial charge in [-0.1, -0.05) is 0 Å². The van der Waals surface area contributed by atoms with Crippen LogP contribution < -0.4 is 10.2 Å². The van der Waals surface area contributed by atoms with E-state index in [0.29, 0.717) is 17.2 Å². The standard InChI is InChI=1S/C24H29N5O3S/c1-15(25)22-13-33-14-29(22)23(30)10-27-24(31)19-7-8-26-21-6-5-16(9-20(19)21)28-11-17-3-2-4-18(12-28)32-17/h5-9,17-18,22,25H,2-4,10-14H2,1H3,(H,27,31)/t17-,18+,22-/m0/s1. The number of aromatic nitrogens is 1. The first-order valence-corrected chi connectivity index (χ1v) is 12.6. The summed E-state index contributed by atoms with van der Waals surface area (Å²) in [5, 5.41) is 11.5. The number of carbonyl (C=O) groups excluding carboxylic acids is 2. The zero-order chi connectivity index (χ0) is 22.9. The molecular formula is C24H29N5O3S. The van der Waals surface area contributed by atoms with Gasteiger partial charge in [0.2, 0.25) is 5.91 Å². The van der Waals surface area contributed by atoms with Crippen LogP contribution in [0.1, 0.15) is 36.5 Å². The lowest BCUT2D eigenvalue weighted by atomic mass is 9.98. The molecule has 0 radical (unpaired) electrons. The van der Waals surface area contributed by atoms with Crippen molar-refractivity contribution in [2.45, 2.75) is 44.4 Å². The van der Waals surface area contributed by atoms with Crippen molar-refractivity contribution in [3.05, 3.63) is 36.0 Å². The lowest BCUT2D eigenvalue weighted by molar-refractivity contribution is -0.129. The Kier molecular flexibility index (Phi) is 6.25. The molecule has 3 aliphatic heterocycles. The summed E-state index contributed by atoms with van der Waals surface area (Å²) in [4.78, 5) is 34.2. The lowest BCUT2D eigenvalue weighted by Crippen LogP contribution is -2.50. The predicted octanol–water partition coefficient (Wildman–Crippen LogP) is 2.66. The van der Waals surface area contributed by atoms with Gasteiger partial charge in [0, 0.05) is 41.8 Å². The van der Waals surface area contributed by atoms with Crippen molar-refractivity contribution in [3.8, 4) is 0 Å². The molecule has 8 nitrogen and oxygen atoms in total. The molecule has 2 N–H and O–H groups in total. The first-order valence-electron chi connectivity index (χ1n) is 11.5. The number of morpholine rings is 1. The molecule has 2 aromatic rings. The maximum absolute atomic E-state index is 13.0. The van der Waals surface area contributed by atoms with Crippen molar-refractivity contribution >= 4 is 45.9 Å². The Morgan fingerprint density at radius 2 is 2.03 bits per heavy atom. The van der Waals surface area contributed by atoms with E-state index in [1.807, 2.05) is 12.1 Å². The van der Waals surface area contributed by atoms with Crippen molar-refractivity contribution in [2.75, 3.05) is 36.2 Å². The van der Waals surface area contributed by atoms with Gasteiger partial charge in [-0.25, -0.2) is 0 Å². The number of nitrogens with one attached hydrogen (secondary N) is 2. The summed E-state index contributed by atoms with van der Waals surface area (Å²) in [5.74, 6) is 0.833. The van der Waals surface area contributed by atoms with E-state index in [9.17, 15) is 9.59 Å². The Balaban J connectivity index is 1.32. The number of ether oxygens (including phenoxy) is 1. The maximum atomic E-state index is 13.0. The van der Waals surface area contributed by atoms with Gasteiger partial charge >= 0.3 is 0 Å².